The number of unbranched alkanes of at least 4 members (excludes halogenated alkanes) is 3. The number of hydrogen-bond donors (Lipinski definition) is 3. The maximum atomic E-state index is 11.1. The molecular weight excluding hydrogens is 336 g/mol. The van der Waals surface area contributed by atoms with E-state index in [0.717, 1.165) is 30.4 Å². The van der Waals surface area contributed by atoms with Gasteiger partial charge in [-0.3, -0.25) is 0 Å². The van der Waals surface area contributed by atoms with Crippen molar-refractivity contribution in [3.63, 3.8) is 0 Å². The van der Waals surface area contributed by atoms with Crippen molar-refractivity contribution in [3.8, 4) is 0 Å². The quantitative estimate of drug-likeness (QED) is 0.376. The molecule has 128 valence electrons. The molecule has 2 unspecified atom stereocenters. The summed E-state index contributed by atoms with van der Waals surface area (Å²) in [4.78, 5) is 40.0. The van der Waals surface area contributed by atoms with Gasteiger partial charge in [0.1, 0.15) is 0 Å². The number of aryl methyl sites for hydroxylation is 1. The molecule has 0 fully saturated rings. The van der Waals surface area contributed by atoms with E-state index in [-0.39, 0.29) is 0 Å². The second kappa shape index (κ2) is 7.31. The van der Waals surface area contributed by atoms with Crippen LogP contribution in [-0.2, 0) is 22.1 Å². The van der Waals surface area contributed by atoms with Crippen LogP contribution in [-0.4, -0.2) is 35.0 Å². The van der Waals surface area contributed by atoms with Gasteiger partial charge in [-0.05, 0) is 12.8 Å². The Labute approximate surface area is 127 Å². The Bertz CT molecular complexity index is 557. The van der Waals surface area contributed by atoms with E-state index in [2.05, 4.69) is 17.2 Å². The van der Waals surface area contributed by atoms with Crippen LogP contribution in [0.1, 0.15) is 38.3 Å². The van der Waals surface area contributed by atoms with E-state index in [1.165, 1.54) is 6.20 Å². The number of nitrogens with zero attached hydrogens (tertiary/aromatic N) is 3. The maximum Gasteiger partial charge on any atom is 0.211 e. The average molecular weight is 355 g/mol. The largest absolute Gasteiger partial charge is 0.776 e. The SMILES string of the molecule is CCCCCCc1cn(CC(O)(P(=O)([O-])O)P(=O)([O-])O)nn1. The summed E-state index contributed by atoms with van der Waals surface area (Å²) < 4.78 is 22.9. The van der Waals surface area contributed by atoms with Gasteiger partial charge in [0.15, 0.2) is 15.2 Å². The van der Waals surface area contributed by atoms with Crippen molar-refractivity contribution in [1.82, 2.24) is 15.0 Å². The van der Waals surface area contributed by atoms with Crippen molar-refractivity contribution in [2.45, 2.75) is 50.7 Å². The molecule has 22 heavy (non-hydrogen) atoms. The van der Waals surface area contributed by atoms with Gasteiger partial charge >= 0.3 is 0 Å². The lowest BCUT2D eigenvalue weighted by Crippen LogP contribution is -2.41. The summed E-state index contributed by atoms with van der Waals surface area (Å²) in [6.07, 6.45) is 5.73. The fourth-order valence-corrected chi connectivity index (χ4v) is 3.74. The molecule has 0 spiro atoms. The monoisotopic (exact) mass is 355 g/mol. The highest BCUT2D eigenvalue weighted by atomic mass is 31.2. The summed E-state index contributed by atoms with van der Waals surface area (Å²) in [7, 11) is -11.6. The second-order valence-electron chi connectivity index (χ2n) is 5.03. The molecule has 0 aliphatic rings. The third-order valence-corrected chi connectivity index (χ3v) is 6.76. The van der Waals surface area contributed by atoms with E-state index in [1.54, 1.807) is 0 Å². The Morgan fingerprint density at radius 2 is 1.82 bits per heavy atom. The van der Waals surface area contributed by atoms with Gasteiger partial charge < -0.3 is 33.8 Å². The van der Waals surface area contributed by atoms with E-state index >= 15 is 0 Å². The van der Waals surface area contributed by atoms with Gasteiger partial charge in [-0.25, -0.2) is 4.68 Å². The molecule has 10 nitrogen and oxygen atoms in total. The summed E-state index contributed by atoms with van der Waals surface area (Å²) in [6, 6.07) is 0. The van der Waals surface area contributed by atoms with E-state index in [1.807, 2.05) is 0 Å². The first-order chi connectivity index (χ1) is 10.0. The first-order valence-corrected chi connectivity index (χ1v) is 9.86. The molecule has 2 atom stereocenters. The molecule has 0 amide bonds. The summed E-state index contributed by atoms with van der Waals surface area (Å²) >= 11 is 0. The van der Waals surface area contributed by atoms with Gasteiger partial charge in [-0.15, -0.1) is 5.10 Å². The highest BCUT2D eigenvalue weighted by Gasteiger charge is 2.48. The topological polar surface area (TPSA) is 172 Å². The number of hydrogen-bond acceptors (Lipinski definition) is 7. The van der Waals surface area contributed by atoms with Gasteiger partial charge in [0, 0.05) is 6.20 Å². The van der Waals surface area contributed by atoms with Crippen LogP contribution in [0.5, 0.6) is 0 Å². The summed E-state index contributed by atoms with van der Waals surface area (Å²) in [5, 5.41) is 13.1. The van der Waals surface area contributed by atoms with Crippen molar-refractivity contribution in [2.75, 3.05) is 0 Å². The minimum absolute atomic E-state index is 0.482. The van der Waals surface area contributed by atoms with E-state index < -0.39 is 26.8 Å². The fraction of sp³-hybridized carbons (Fsp3) is 0.800. The molecule has 1 aromatic heterocycles. The third-order valence-electron chi connectivity index (χ3n) is 3.15. The Morgan fingerprint density at radius 3 is 2.32 bits per heavy atom. The molecule has 0 aliphatic heterocycles. The van der Waals surface area contributed by atoms with Gasteiger partial charge in [0.2, 0.25) is 5.08 Å². The Morgan fingerprint density at radius 1 is 1.23 bits per heavy atom. The highest BCUT2D eigenvalue weighted by Crippen LogP contribution is 2.63. The van der Waals surface area contributed by atoms with Crippen LogP contribution >= 0.6 is 15.2 Å². The zero-order chi connectivity index (χ0) is 17.0. The smallest absolute Gasteiger partial charge is 0.211 e. The molecule has 0 aliphatic carbocycles. The van der Waals surface area contributed by atoms with E-state index in [9.17, 15) is 24.0 Å². The molecule has 0 radical (unpaired) electrons. The molecule has 0 bridgehead atoms. The third kappa shape index (κ3) is 4.70. The predicted octanol–water partition coefficient (Wildman–Crippen LogP) is -0.862. The molecule has 1 heterocycles. The van der Waals surface area contributed by atoms with E-state index in [4.69, 9.17) is 9.79 Å². The van der Waals surface area contributed by atoms with Crippen LogP contribution in [0.2, 0.25) is 0 Å². The van der Waals surface area contributed by atoms with E-state index in [0.29, 0.717) is 12.1 Å². The summed E-state index contributed by atoms with van der Waals surface area (Å²) in [5.74, 6) is 0. The molecule has 0 aromatic carbocycles. The summed E-state index contributed by atoms with van der Waals surface area (Å²) in [5.41, 5.74) is 0.482. The van der Waals surface area contributed by atoms with Gasteiger partial charge in [0.25, 0.3) is 0 Å². The first kappa shape index (κ1) is 19.4. The molecule has 0 saturated carbocycles. The predicted molar refractivity (Wildman–Crippen MR) is 72.5 cm³/mol. The van der Waals surface area contributed by atoms with Crippen molar-refractivity contribution >= 4 is 15.2 Å². The number of aromatic nitrogens is 3. The lowest BCUT2D eigenvalue weighted by molar-refractivity contribution is -0.227. The van der Waals surface area contributed by atoms with Crippen molar-refractivity contribution < 1.29 is 33.8 Å². The minimum Gasteiger partial charge on any atom is -0.776 e. The molecule has 3 N–H and O–H groups in total. The lowest BCUT2D eigenvalue weighted by Gasteiger charge is -2.41. The van der Waals surface area contributed by atoms with Crippen LogP contribution in [0, 0.1) is 0 Å². The van der Waals surface area contributed by atoms with Crippen LogP contribution in [0.15, 0.2) is 6.20 Å². The number of rotatable bonds is 9. The van der Waals surface area contributed by atoms with Crippen LogP contribution in [0.4, 0.5) is 0 Å². The van der Waals surface area contributed by atoms with Crippen molar-refractivity contribution in [2.24, 2.45) is 0 Å². The van der Waals surface area contributed by atoms with Crippen LogP contribution in [0.25, 0.3) is 0 Å². The Balaban J connectivity index is 2.83. The zero-order valence-corrected chi connectivity index (χ0v) is 13.8. The molecule has 12 heteroatoms. The Kier molecular flexibility index (Phi) is 6.46. The number of aliphatic hydroxyl groups is 1. The van der Waals surface area contributed by atoms with Gasteiger partial charge in [-0.2, -0.15) is 0 Å². The summed E-state index contributed by atoms with van der Waals surface area (Å²) in [6.45, 7) is 0.882. The van der Waals surface area contributed by atoms with Crippen molar-refractivity contribution in [1.29, 1.82) is 0 Å². The normalized spacial score (nSPS) is 20.1. The van der Waals surface area contributed by atoms with Gasteiger partial charge in [0.05, 0.1) is 12.2 Å². The molecular formula is C10H19N3O7P2-2. The molecule has 0 saturated heterocycles. The molecule has 1 rings (SSSR count). The van der Waals surface area contributed by atoms with Crippen LogP contribution in [0.3, 0.4) is 0 Å². The fourth-order valence-electron chi connectivity index (χ4n) is 1.82. The lowest BCUT2D eigenvalue weighted by atomic mass is 10.1. The Hall–Kier alpha value is -0.600. The van der Waals surface area contributed by atoms with Crippen molar-refractivity contribution in [3.05, 3.63) is 11.9 Å². The van der Waals surface area contributed by atoms with Crippen LogP contribution < -0.4 is 9.79 Å². The zero-order valence-electron chi connectivity index (χ0n) is 12.0. The minimum atomic E-state index is -5.80. The highest BCUT2D eigenvalue weighted by molar-refractivity contribution is 7.70. The molecule has 1 aromatic rings. The maximum absolute atomic E-state index is 11.1. The first-order valence-electron chi connectivity index (χ1n) is 6.70. The van der Waals surface area contributed by atoms with Gasteiger partial charge in [-0.1, -0.05) is 31.4 Å². The second-order valence-corrected chi connectivity index (χ2v) is 8.95. The standard InChI is InChI=1S/C10H21N3O7P2/c1-2-3-4-5-6-9-7-13(12-11-9)8-10(14,21(15,16)17)22(18,19)20/h7,14H,2-6,8H2,1H3,(H2,15,16,17)(H2,18,19,20)/p-2. The average Bonchev–Trinajstić information content (AvgIpc) is 2.79.